The molecule has 1 aliphatic heterocycles. The average molecular weight is 316 g/mol. The average Bonchev–Trinajstić information content (AvgIpc) is 2.45. The number of alkyl halides is 3. The Bertz CT molecular complexity index is 501. The number of rotatable bonds is 5. The molecular formula is C16H19F3O3. The van der Waals surface area contributed by atoms with E-state index < -0.39 is 24.5 Å². The highest BCUT2D eigenvalue weighted by Crippen LogP contribution is 2.40. The monoisotopic (exact) mass is 316 g/mol. The lowest BCUT2D eigenvalue weighted by Crippen LogP contribution is -2.52. The number of benzene rings is 1. The van der Waals surface area contributed by atoms with Crippen molar-refractivity contribution in [3.05, 3.63) is 35.9 Å². The van der Waals surface area contributed by atoms with Gasteiger partial charge in [-0.05, 0) is 24.8 Å². The molecule has 1 fully saturated rings. The molecule has 0 aromatic heterocycles. The van der Waals surface area contributed by atoms with E-state index in [1.165, 1.54) is 0 Å². The molecule has 0 aliphatic carbocycles. The molecule has 0 spiro atoms. The maximum absolute atomic E-state index is 12.7. The van der Waals surface area contributed by atoms with Gasteiger partial charge in [-0.15, -0.1) is 0 Å². The molecular weight excluding hydrogens is 297 g/mol. The number of aryl methyl sites for hydroxylation is 1. The van der Waals surface area contributed by atoms with Crippen LogP contribution in [0.25, 0.3) is 0 Å². The summed E-state index contributed by atoms with van der Waals surface area (Å²) in [4.78, 5) is 11.9. The van der Waals surface area contributed by atoms with E-state index in [2.05, 4.69) is 0 Å². The second kappa shape index (κ2) is 6.79. The van der Waals surface area contributed by atoms with Gasteiger partial charge in [-0.2, -0.15) is 13.2 Å². The van der Waals surface area contributed by atoms with Crippen molar-refractivity contribution >= 4 is 5.78 Å². The lowest BCUT2D eigenvalue weighted by atomic mass is 9.96. The first-order valence-corrected chi connectivity index (χ1v) is 7.33. The molecule has 22 heavy (non-hydrogen) atoms. The summed E-state index contributed by atoms with van der Waals surface area (Å²) in [6.45, 7) is 0. The van der Waals surface area contributed by atoms with Gasteiger partial charge >= 0.3 is 6.18 Å². The van der Waals surface area contributed by atoms with Gasteiger partial charge in [0.25, 0.3) is 5.79 Å². The fourth-order valence-electron chi connectivity index (χ4n) is 2.60. The highest BCUT2D eigenvalue weighted by atomic mass is 19.4. The predicted octanol–water partition coefficient (Wildman–Crippen LogP) is 3.40. The topological polar surface area (TPSA) is 46.5 Å². The van der Waals surface area contributed by atoms with Crippen molar-refractivity contribution in [3.63, 3.8) is 0 Å². The van der Waals surface area contributed by atoms with Crippen LogP contribution in [0.1, 0.15) is 37.7 Å². The molecule has 0 bridgehead atoms. The van der Waals surface area contributed by atoms with Crippen LogP contribution < -0.4 is 0 Å². The minimum atomic E-state index is -4.83. The van der Waals surface area contributed by atoms with Gasteiger partial charge in [0.1, 0.15) is 5.78 Å². The molecule has 3 nitrogen and oxygen atoms in total. The first-order valence-electron chi connectivity index (χ1n) is 7.33. The van der Waals surface area contributed by atoms with Gasteiger partial charge in [0.05, 0.1) is 6.10 Å². The van der Waals surface area contributed by atoms with Crippen molar-refractivity contribution in [1.29, 1.82) is 0 Å². The molecule has 2 atom stereocenters. The normalized spacial score (nSPS) is 25.9. The first kappa shape index (κ1) is 17.0. The van der Waals surface area contributed by atoms with Crippen LogP contribution in [0.3, 0.4) is 0 Å². The van der Waals surface area contributed by atoms with Gasteiger partial charge in [-0.25, -0.2) is 0 Å². The summed E-state index contributed by atoms with van der Waals surface area (Å²) in [5, 5.41) is 9.54. The molecule has 122 valence electrons. The lowest BCUT2D eigenvalue weighted by Gasteiger charge is -2.38. The van der Waals surface area contributed by atoms with Crippen molar-refractivity contribution in [2.24, 2.45) is 0 Å². The number of halogens is 3. The number of carbonyl (C=O) groups excluding carboxylic acids is 1. The van der Waals surface area contributed by atoms with Crippen LogP contribution in [0.15, 0.2) is 30.3 Å². The fourth-order valence-corrected chi connectivity index (χ4v) is 2.60. The Morgan fingerprint density at radius 2 is 2.00 bits per heavy atom. The standard InChI is InChI=1S/C16H19F3O3/c17-16(18,19)15(21)10-4-7-14(22-15)11-13(20)9-8-12-5-2-1-3-6-12/h1-3,5-6,14,21H,4,7-11H2/t14-,15+/m0/s1. The second-order valence-corrected chi connectivity index (χ2v) is 5.64. The van der Waals surface area contributed by atoms with E-state index >= 15 is 0 Å². The maximum atomic E-state index is 12.7. The Morgan fingerprint density at radius 3 is 2.64 bits per heavy atom. The van der Waals surface area contributed by atoms with Crippen LogP contribution in [0.4, 0.5) is 13.2 Å². The number of hydrogen-bond acceptors (Lipinski definition) is 3. The fraction of sp³-hybridized carbons (Fsp3) is 0.562. The smallest absolute Gasteiger partial charge is 0.359 e. The van der Waals surface area contributed by atoms with Crippen LogP contribution in [-0.4, -0.2) is 29.0 Å². The maximum Gasteiger partial charge on any atom is 0.443 e. The van der Waals surface area contributed by atoms with E-state index in [0.717, 1.165) is 5.56 Å². The zero-order chi connectivity index (χ0) is 16.2. The van der Waals surface area contributed by atoms with Crippen LogP contribution >= 0.6 is 0 Å². The molecule has 1 aliphatic rings. The van der Waals surface area contributed by atoms with Crippen LogP contribution in [0, 0.1) is 0 Å². The van der Waals surface area contributed by atoms with E-state index in [1.54, 1.807) is 0 Å². The number of ketones is 1. The minimum Gasteiger partial charge on any atom is -0.359 e. The number of carbonyl (C=O) groups is 1. The Morgan fingerprint density at radius 1 is 1.32 bits per heavy atom. The van der Waals surface area contributed by atoms with Gasteiger partial charge in [0.2, 0.25) is 0 Å². The van der Waals surface area contributed by atoms with Gasteiger partial charge in [0, 0.05) is 19.3 Å². The molecule has 0 unspecified atom stereocenters. The number of hydrogen-bond donors (Lipinski definition) is 1. The van der Waals surface area contributed by atoms with E-state index in [9.17, 15) is 23.1 Å². The molecule has 1 saturated heterocycles. The van der Waals surface area contributed by atoms with Crippen LogP contribution in [-0.2, 0) is 16.0 Å². The summed E-state index contributed by atoms with van der Waals surface area (Å²) in [5.74, 6) is -3.27. The van der Waals surface area contributed by atoms with Crippen molar-refractivity contribution in [1.82, 2.24) is 0 Å². The Balaban J connectivity index is 1.84. The molecule has 1 aromatic carbocycles. The van der Waals surface area contributed by atoms with Gasteiger partial charge in [-0.1, -0.05) is 30.3 Å². The summed E-state index contributed by atoms with van der Waals surface area (Å²) in [7, 11) is 0. The lowest BCUT2D eigenvalue weighted by molar-refractivity contribution is -0.388. The number of ether oxygens (including phenoxy) is 1. The van der Waals surface area contributed by atoms with E-state index in [-0.39, 0.29) is 25.0 Å². The molecule has 2 rings (SSSR count). The van der Waals surface area contributed by atoms with Gasteiger partial charge in [0.15, 0.2) is 0 Å². The molecule has 0 saturated carbocycles. The Labute approximate surface area is 127 Å². The minimum absolute atomic E-state index is 0.0920. The summed E-state index contributed by atoms with van der Waals surface area (Å²) in [6.07, 6.45) is -4.93. The SMILES string of the molecule is O=C(CCc1ccccc1)C[C@@H]1CCC[C@](O)(C(F)(F)F)O1. The molecule has 0 radical (unpaired) electrons. The quantitative estimate of drug-likeness (QED) is 0.905. The molecule has 6 heteroatoms. The third-order valence-electron chi connectivity index (χ3n) is 3.84. The van der Waals surface area contributed by atoms with Crippen LogP contribution in [0.5, 0.6) is 0 Å². The largest absolute Gasteiger partial charge is 0.443 e. The van der Waals surface area contributed by atoms with Crippen molar-refractivity contribution in [3.8, 4) is 0 Å². The Kier molecular flexibility index (Phi) is 5.24. The molecule has 1 N–H and O–H groups in total. The first-order chi connectivity index (χ1) is 10.3. The van der Waals surface area contributed by atoms with Crippen molar-refractivity contribution in [2.75, 3.05) is 0 Å². The highest BCUT2D eigenvalue weighted by Gasteiger charge is 2.57. The number of Topliss-reactive ketones (excluding diaryl/α,β-unsaturated/α-hetero) is 1. The third-order valence-corrected chi connectivity index (χ3v) is 3.84. The zero-order valence-corrected chi connectivity index (χ0v) is 12.1. The summed E-state index contributed by atoms with van der Waals surface area (Å²) < 4.78 is 43.0. The van der Waals surface area contributed by atoms with E-state index in [0.29, 0.717) is 12.8 Å². The van der Waals surface area contributed by atoms with Crippen molar-refractivity contribution < 1.29 is 27.8 Å². The van der Waals surface area contributed by atoms with E-state index in [1.807, 2.05) is 30.3 Å². The molecule has 1 heterocycles. The van der Waals surface area contributed by atoms with Crippen LogP contribution in [0.2, 0.25) is 0 Å². The molecule has 1 aromatic rings. The summed E-state index contributed by atoms with van der Waals surface area (Å²) in [5.41, 5.74) is 1.01. The van der Waals surface area contributed by atoms with Crippen molar-refractivity contribution in [2.45, 2.75) is 56.6 Å². The van der Waals surface area contributed by atoms with Gasteiger partial charge in [-0.3, -0.25) is 4.79 Å². The second-order valence-electron chi connectivity index (χ2n) is 5.64. The molecule has 0 amide bonds. The summed E-state index contributed by atoms with van der Waals surface area (Å²) >= 11 is 0. The Hall–Kier alpha value is -1.40. The van der Waals surface area contributed by atoms with Gasteiger partial charge < -0.3 is 9.84 Å². The van der Waals surface area contributed by atoms with E-state index in [4.69, 9.17) is 4.74 Å². The third kappa shape index (κ3) is 4.30. The number of aliphatic hydroxyl groups is 1. The zero-order valence-electron chi connectivity index (χ0n) is 12.1. The summed E-state index contributed by atoms with van der Waals surface area (Å²) in [6, 6.07) is 9.40. The predicted molar refractivity (Wildman–Crippen MR) is 74.1 cm³/mol. The highest BCUT2D eigenvalue weighted by molar-refractivity contribution is 5.79.